The lowest BCUT2D eigenvalue weighted by atomic mass is 10.0. The average Bonchev–Trinajstić information content (AvgIpc) is 3.71. The molecule has 0 radical (unpaired) electrons. The maximum absolute atomic E-state index is 14.0. The van der Waals surface area contributed by atoms with Gasteiger partial charge in [-0.25, -0.2) is 19.2 Å². The number of hydrogen-bond donors (Lipinski definition) is 1. The van der Waals surface area contributed by atoms with Crippen LogP contribution in [0.2, 0.25) is 0 Å². The van der Waals surface area contributed by atoms with Crippen molar-refractivity contribution in [1.82, 2.24) is 29.8 Å². The van der Waals surface area contributed by atoms with E-state index in [1.165, 1.54) is 6.07 Å². The number of imidazole rings is 1. The van der Waals surface area contributed by atoms with E-state index in [1.807, 2.05) is 18.3 Å². The molecule has 5 heterocycles. The third-order valence-corrected chi connectivity index (χ3v) is 8.81. The molecule has 2 atom stereocenters. The molecule has 6 rings (SSSR count). The Morgan fingerprint density at radius 2 is 1.87 bits per heavy atom. The van der Waals surface area contributed by atoms with Crippen LogP contribution in [0.3, 0.4) is 0 Å². The third-order valence-electron chi connectivity index (χ3n) is 8.81. The molecule has 47 heavy (non-hydrogen) atoms. The predicted molar refractivity (Wildman–Crippen MR) is 178 cm³/mol. The van der Waals surface area contributed by atoms with Gasteiger partial charge in [-0.15, -0.1) is 0 Å². The highest BCUT2D eigenvalue weighted by Crippen LogP contribution is 2.36. The molecule has 1 aromatic carbocycles. The Balaban J connectivity index is 0.980. The minimum Gasteiger partial charge on any atom is -0.442 e. The molecule has 2 saturated heterocycles. The van der Waals surface area contributed by atoms with E-state index in [1.54, 1.807) is 26.8 Å². The Bertz CT molecular complexity index is 1530. The minimum absolute atomic E-state index is 0.178. The molecule has 1 N–H and O–H groups in total. The molecule has 252 valence electrons. The highest BCUT2D eigenvalue weighted by Gasteiger charge is 2.33. The van der Waals surface area contributed by atoms with E-state index in [4.69, 9.17) is 24.3 Å². The second-order valence-electron chi connectivity index (χ2n) is 13.3. The summed E-state index contributed by atoms with van der Waals surface area (Å²) in [5, 5.41) is 0. The number of anilines is 1. The van der Waals surface area contributed by atoms with E-state index in [-0.39, 0.29) is 24.5 Å². The van der Waals surface area contributed by atoms with Crippen molar-refractivity contribution in [3.8, 4) is 11.4 Å². The standard InChI is InChI=1S/C35H46FN7O4/c1-35(2,3)47-34(44)39-46-22-21-45-20-19-40-15-17-41(18-16-40)33-11-5-9-29(38-33)31-24-37-32-13-12-28(25-43(31)32)42-14-6-10-30(42)26-7-4-8-27(36)23-26/h4-5,7-9,11-13,23-24,28,30H,6,10,14-22,25H2,1-3H3,(H,39,44). The van der Waals surface area contributed by atoms with Crippen LogP contribution in [0.1, 0.15) is 51.0 Å². The largest absolute Gasteiger partial charge is 0.442 e. The van der Waals surface area contributed by atoms with Crippen LogP contribution in [-0.4, -0.2) is 101 Å². The molecule has 3 aliphatic rings. The lowest BCUT2D eigenvalue weighted by molar-refractivity contribution is -0.0278. The van der Waals surface area contributed by atoms with Crippen LogP contribution in [0.15, 0.2) is 54.7 Å². The number of benzene rings is 1. The zero-order valence-corrected chi connectivity index (χ0v) is 27.6. The zero-order chi connectivity index (χ0) is 32.8. The van der Waals surface area contributed by atoms with Gasteiger partial charge in [0, 0.05) is 51.4 Å². The maximum Gasteiger partial charge on any atom is 0.431 e. The summed E-state index contributed by atoms with van der Waals surface area (Å²) >= 11 is 0. The molecule has 1 amide bonds. The minimum atomic E-state index is -0.611. The van der Waals surface area contributed by atoms with E-state index < -0.39 is 11.7 Å². The van der Waals surface area contributed by atoms with Gasteiger partial charge in [-0.3, -0.25) is 14.6 Å². The van der Waals surface area contributed by atoms with E-state index >= 15 is 0 Å². The number of rotatable bonds is 11. The molecular weight excluding hydrogens is 601 g/mol. The van der Waals surface area contributed by atoms with Crippen molar-refractivity contribution < 1.29 is 23.5 Å². The topological polar surface area (TPSA) is 97.2 Å². The second-order valence-corrected chi connectivity index (χ2v) is 13.3. The van der Waals surface area contributed by atoms with Crippen molar-refractivity contribution in [1.29, 1.82) is 0 Å². The monoisotopic (exact) mass is 647 g/mol. The fourth-order valence-corrected chi connectivity index (χ4v) is 6.59. The molecule has 0 bridgehead atoms. The van der Waals surface area contributed by atoms with E-state index in [2.05, 4.69) is 55.1 Å². The number of hydroxylamine groups is 1. The summed E-state index contributed by atoms with van der Waals surface area (Å²) in [5.41, 5.74) is 4.67. The van der Waals surface area contributed by atoms with E-state index in [9.17, 15) is 9.18 Å². The third kappa shape index (κ3) is 8.55. The second kappa shape index (κ2) is 14.9. The van der Waals surface area contributed by atoms with Crippen LogP contribution in [0.4, 0.5) is 15.0 Å². The quantitative estimate of drug-likeness (QED) is 0.230. The van der Waals surface area contributed by atoms with Crippen LogP contribution in [0.5, 0.6) is 0 Å². The fourth-order valence-electron chi connectivity index (χ4n) is 6.59. The Morgan fingerprint density at radius 1 is 1.04 bits per heavy atom. The molecule has 2 unspecified atom stereocenters. The van der Waals surface area contributed by atoms with Crippen LogP contribution in [0, 0.1) is 5.82 Å². The summed E-state index contributed by atoms with van der Waals surface area (Å²) in [5.74, 6) is 1.73. The van der Waals surface area contributed by atoms with Gasteiger partial charge in [-0.2, -0.15) is 5.48 Å². The lowest BCUT2D eigenvalue weighted by Gasteiger charge is -2.35. The summed E-state index contributed by atoms with van der Waals surface area (Å²) in [6.07, 6.45) is 7.81. The van der Waals surface area contributed by atoms with Crippen molar-refractivity contribution in [2.75, 3.05) is 64.0 Å². The lowest BCUT2D eigenvalue weighted by Crippen LogP contribution is -2.47. The number of aromatic nitrogens is 3. The smallest absolute Gasteiger partial charge is 0.431 e. The number of pyridine rings is 1. The van der Waals surface area contributed by atoms with Crippen molar-refractivity contribution in [2.45, 2.75) is 57.8 Å². The van der Waals surface area contributed by atoms with Gasteiger partial charge in [-0.05, 0) is 76.1 Å². The summed E-state index contributed by atoms with van der Waals surface area (Å²) in [6, 6.07) is 13.7. The Morgan fingerprint density at radius 3 is 2.68 bits per heavy atom. The normalized spacial score (nSPS) is 20.4. The van der Waals surface area contributed by atoms with Crippen molar-refractivity contribution in [3.05, 3.63) is 71.9 Å². The number of nitrogens with one attached hydrogen (secondary N) is 1. The first-order valence-corrected chi connectivity index (χ1v) is 16.6. The predicted octanol–water partition coefficient (Wildman–Crippen LogP) is 4.91. The van der Waals surface area contributed by atoms with Gasteiger partial charge < -0.3 is 18.9 Å². The number of fused-ring (bicyclic) bond motifs is 1. The van der Waals surface area contributed by atoms with Gasteiger partial charge >= 0.3 is 6.09 Å². The van der Waals surface area contributed by atoms with Gasteiger partial charge in [0.2, 0.25) is 0 Å². The summed E-state index contributed by atoms with van der Waals surface area (Å²) in [7, 11) is 0. The van der Waals surface area contributed by atoms with Crippen LogP contribution >= 0.6 is 0 Å². The zero-order valence-electron chi connectivity index (χ0n) is 27.6. The molecule has 2 aromatic heterocycles. The molecule has 0 spiro atoms. The Kier molecular flexibility index (Phi) is 10.5. The molecular formula is C35H46FN7O4. The summed E-state index contributed by atoms with van der Waals surface area (Å²) in [4.78, 5) is 33.7. The number of piperazine rings is 1. The Hall–Kier alpha value is -3.84. The average molecular weight is 648 g/mol. The SMILES string of the molecule is CC(C)(C)OC(=O)NOCCOCCN1CCN(c2cccc(-c3cnc4n3CC(N3CCCC3c3cccc(F)c3)C=C4)n2)CC1. The first-order chi connectivity index (χ1) is 22.7. The van der Waals surface area contributed by atoms with Gasteiger partial charge in [-0.1, -0.05) is 24.3 Å². The molecule has 0 saturated carbocycles. The van der Waals surface area contributed by atoms with Crippen LogP contribution < -0.4 is 10.4 Å². The fraction of sp³-hybridized carbons (Fsp3) is 0.514. The van der Waals surface area contributed by atoms with Gasteiger partial charge in [0.05, 0.1) is 37.4 Å². The number of halogens is 1. The van der Waals surface area contributed by atoms with Crippen LogP contribution in [-0.2, 0) is 20.9 Å². The van der Waals surface area contributed by atoms with Crippen molar-refractivity contribution in [2.24, 2.45) is 0 Å². The number of ether oxygens (including phenoxy) is 2. The van der Waals surface area contributed by atoms with Crippen molar-refractivity contribution in [3.63, 3.8) is 0 Å². The van der Waals surface area contributed by atoms with E-state index in [0.29, 0.717) is 13.2 Å². The van der Waals surface area contributed by atoms with Crippen LogP contribution in [0.25, 0.3) is 17.5 Å². The van der Waals surface area contributed by atoms with Crippen molar-refractivity contribution >= 4 is 18.0 Å². The molecule has 12 heteroatoms. The van der Waals surface area contributed by atoms with Gasteiger partial charge in [0.1, 0.15) is 23.1 Å². The number of amides is 1. The van der Waals surface area contributed by atoms with Gasteiger partial charge in [0.25, 0.3) is 0 Å². The molecule has 3 aromatic rings. The Labute approximate surface area is 276 Å². The maximum atomic E-state index is 14.0. The summed E-state index contributed by atoms with van der Waals surface area (Å²) < 4.78 is 27.1. The number of hydrogen-bond acceptors (Lipinski definition) is 9. The van der Waals surface area contributed by atoms with E-state index in [0.717, 1.165) is 87.2 Å². The number of likely N-dealkylation sites (tertiary alicyclic amines) is 1. The number of nitrogens with zero attached hydrogens (tertiary/aromatic N) is 6. The summed E-state index contributed by atoms with van der Waals surface area (Å²) in [6.45, 7) is 12.8. The molecule has 3 aliphatic heterocycles. The number of carbonyl (C=O) groups is 1. The number of carbonyl (C=O) groups excluding carboxylic acids is 1. The first kappa shape index (κ1) is 33.1. The molecule has 11 nitrogen and oxygen atoms in total. The molecule has 2 fully saturated rings. The first-order valence-electron chi connectivity index (χ1n) is 16.6. The molecule has 0 aliphatic carbocycles. The van der Waals surface area contributed by atoms with Gasteiger partial charge in [0.15, 0.2) is 0 Å². The highest BCUT2D eigenvalue weighted by atomic mass is 19.1. The highest BCUT2D eigenvalue weighted by molar-refractivity contribution is 5.66.